The Bertz CT molecular complexity index is 966. The zero-order valence-corrected chi connectivity index (χ0v) is 15.2. The fourth-order valence-corrected chi connectivity index (χ4v) is 4.06. The van der Waals surface area contributed by atoms with Crippen molar-refractivity contribution in [2.24, 2.45) is 0 Å². The van der Waals surface area contributed by atoms with E-state index in [1.54, 1.807) is 0 Å². The molecule has 2 heterocycles. The number of para-hydroxylation sites is 2. The largest absolute Gasteiger partial charge is 0.380 e. The minimum absolute atomic E-state index is 0.247. The number of rotatable bonds is 0. The van der Waals surface area contributed by atoms with Crippen molar-refractivity contribution in [2.75, 3.05) is 10.6 Å². The van der Waals surface area contributed by atoms with Gasteiger partial charge in [0.2, 0.25) is 0 Å². The first-order chi connectivity index (χ1) is 13.4. The molecular weight excluding hydrogens is 328 g/mol. The average Bonchev–Trinajstić information content (AvgIpc) is 2.84. The predicted molar refractivity (Wildman–Crippen MR) is 115 cm³/mol. The van der Waals surface area contributed by atoms with Gasteiger partial charge in [-0.05, 0) is 39.9 Å². The third-order valence-corrected chi connectivity index (χ3v) is 5.45. The Morgan fingerprint density at radius 1 is 0.593 bits per heavy atom. The molecule has 0 amide bonds. The smallest absolute Gasteiger partial charge is 0.0416 e. The molecule has 0 bridgehead atoms. The number of hydrogen-bond acceptors (Lipinski definition) is 2. The van der Waals surface area contributed by atoms with Gasteiger partial charge in [-0.15, -0.1) is 0 Å². The summed E-state index contributed by atoms with van der Waals surface area (Å²) < 4.78 is 0. The molecule has 0 aliphatic carbocycles. The van der Waals surface area contributed by atoms with Crippen LogP contribution in [0.2, 0.25) is 0 Å². The molecule has 2 aliphatic heterocycles. The molecule has 0 fully saturated rings. The molecule has 5 rings (SSSR count). The maximum absolute atomic E-state index is 3.63. The van der Waals surface area contributed by atoms with Crippen LogP contribution < -0.4 is 10.6 Å². The zero-order valence-electron chi connectivity index (χ0n) is 15.2. The van der Waals surface area contributed by atoms with Crippen molar-refractivity contribution in [3.63, 3.8) is 0 Å². The summed E-state index contributed by atoms with van der Waals surface area (Å²) in [5.74, 6) is 0.247. The number of fused-ring (bicyclic) bond motifs is 2. The van der Waals surface area contributed by atoms with Crippen molar-refractivity contribution in [3.8, 4) is 0 Å². The minimum Gasteiger partial charge on any atom is -0.380 e. The standard InChI is InChI=1S/C25H22N2/c1-3-10-23-18(6-1)12-14-20-15-13-19-7-2-4-11-24(19)27-17-22-9-5-8-21(16-26-23)25(20)22/h1-15,20,26-27H,16-17H2/b14-12+,15-13+. The van der Waals surface area contributed by atoms with E-state index in [0.717, 1.165) is 13.1 Å². The third kappa shape index (κ3) is 3.04. The molecule has 2 nitrogen and oxygen atoms in total. The van der Waals surface area contributed by atoms with Crippen molar-refractivity contribution in [1.82, 2.24) is 0 Å². The van der Waals surface area contributed by atoms with Crippen LogP contribution in [0.25, 0.3) is 12.2 Å². The summed E-state index contributed by atoms with van der Waals surface area (Å²) in [7, 11) is 0. The average molecular weight is 350 g/mol. The molecule has 0 aromatic heterocycles. The van der Waals surface area contributed by atoms with E-state index in [-0.39, 0.29) is 5.92 Å². The SMILES string of the molecule is C1=C/C2/C=C/c3ccccc3NCc3cccc(c32)CNc2ccccc2/1. The molecule has 3 aromatic rings. The molecular formula is C25H22N2. The lowest BCUT2D eigenvalue weighted by molar-refractivity contribution is 0.974. The highest BCUT2D eigenvalue weighted by atomic mass is 14.9. The minimum atomic E-state index is 0.247. The van der Waals surface area contributed by atoms with Crippen LogP contribution in [0.5, 0.6) is 0 Å². The Morgan fingerprint density at radius 3 is 1.67 bits per heavy atom. The first-order valence-electron chi connectivity index (χ1n) is 9.51. The monoisotopic (exact) mass is 350 g/mol. The summed E-state index contributed by atoms with van der Waals surface area (Å²) in [5.41, 5.74) is 8.96. The second-order valence-electron chi connectivity index (χ2n) is 7.12. The van der Waals surface area contributed by atoms with E-state index < -0.39 is 0 Å². The molecule has 132 valence electrons. The van der Waals surface area contributed by atoms with Gasteiger partial charge in [-0.3, -0.25) is 0 Å². The highest BCUT2D eigenvalue weighted by Crippen LogP contribution is 2.34. The second kappa shape index (κ2) is 6.81. The maximum Gasteiger partial charge on any atom is 0.0416 e. The second-order valence-corrected chi connectivity index (χ2v) is 7.12. The topological polar surface area (TPSA) is 24.1 Å². The van der Waals surface area contributed by atoms with Gasteiger partial charge in [-0.1, -0.05) is 78.9 Å². The summed E-state index contributed by atoms with van der Waals surface area (Å²) in [5, 5.41) is 7.26. The first kappa shape index (κ1) is 16.0. The lowest BCUT2D eigenvalue weighted by atomic mass is 9.88. The van der Waals surface area contributed by atoms with Gasteiger partial charge in [-0.25, -0.2) is 0 Å². The molecule has 3 aromatic carbocycles. The van der Waals surface area contributed by atoms with Crippen LogP contribution >= 0.6 is 0 Å². The summed E-state index contributed by atoms with van der Waals surface area (Å²) >= 11 is 0. The van der Waals surface area contributed by atoms with E-state index in [4.69, 9.17) is 0 Å². The summed E-state index contributed by atoms with van der Waals surface area (Å²) in [6.45, 7) is 1.66. The van der Waals surface area contributed by atoms with Crippen LogP contribution in [-0.4, -0.2) is 0 Å². The van der Waals surface area contributed by atoms with Gasteiger partial charge < -0.3 is 10.6 Å². The van der Waals surface area contributed by atoms with Gasteiger partial charge >= 0.3 is 0 Å². The maximum atomic E-state index is 3.63. The molecule has 2 N–H and O–H groups in total. The lowest BCUT2D eigenvalue weighted by Crippen LogP contribution is -2.10. The van der Waals surface area contributed by atoms with Gasteiger partial charge in [0.25, 0.3) is 0 Å². The molecule has 0 spiro atoms. The Labute approximate surface area is 160 Å². The van der Waals surface area contributed by atoms with Crippen molar-refractivity contribution >= 4 is 23.5 Å². The van der Waals surface area contributed by atoms with Crippen molar-refractivity contribution in [3.05, 3.63) is 107 Å². The van der Waals surface area contributed by atoms with Crippen molar-refractivity contribution in [2.45, 2.75) is 19.0 Å². The fourth-order valence-electron chi connectivity index (χ4n) is 4.06. The highest BCUT2D eigenvalue weighted by Gasteiger charge is 2.18. The summed E-state index contributed by atoms with van der Waals surface area (Å²) in [6.07, 6.45) is 9.16. The van der Waals surface area contributed by atoms with E-state index in [1.807, 2.05) is 0 Å². The van der Waals surface area contributed by atoms with Gasteiger partial charge in [0.15, 0.2) is 0 Å². The van der Waals surface area contributed by atoms with Gasteiger partial charge in [0.1, 0.15) is 0 Å². The molecule has 2 heteroatoms. The number of anilines is 2. The Kier molecular flexibility index (Phi) is 4.02. The third-order valence-electron chi connectivity index (χ3n) is 5.45. The Hall–Kier alpha value is -3.26. The fraction of sp³-hybridized carbons (Fsp3) is 0.120. The van der Waals surface area contributed by atoms with Gasteiger partial charge in [0.05, 0.1) is 0 Å². The Morgan fingerprint density at radius 2 is 1.11 bits per heavy atom. The van der Waals surface area contributed by atoms with Crippen LogP contribution in [0, 0.1) is 0 Å². The van der Waals surface area contributed by atoms with E-state index >= 15 is 0 Å². The molecule has 0 saturated carbocycles. The Balaban J connectivity index is 1.68. The quantitative estimate of drug-likeness (QED) is 0.516. The van der Waals surface area contributed by atoms with Crippen LogP contribution in [0.3, 0.4) is 0 Å². The first-order valence-corrected chi connectivity index (χ1v) is 9.51. The summed E-state index contributed by atoms with van der Waals surface area (Å²) in [4.78, 5) is 0. The highest BCUT2D eigenvalue weighted by molar-refractivity contribution is 5.71. The van der Waals surface area contributed by atoms with E-state index in [1.165, 1.54) is 39.2 Å². The van der Waals surface area contributed by atoms with Crippen LogP contribution in [0.15, 0.2) is 78.9 Å². The lowest BCUT2D eigenvalue weighted by Gasteiger charge is -2.19. The molecule has 0 unspecified atom stereocenters. The molecule has 27 heavy (non-hydrogen) atoms. The van der Waals surface area contributed by atoms with Crippen LogP contribution in [-0.2, 0) is 13.1 Å². The van der Waals surface area contributed by atoms with Crippen LogP contribution in [0.1, 0.15) is 33.7 Å². The summed E-state index contributed by atoms with van der Waals surface area (Å²) in [6, 6.07) is 23.7. The molecule has 0 saturated heterocycles. The molecule has 0 radical (unpaired) electrons. The normalized spacial score (nSPS) is 17.6. The molecule has 0 atom stereocenters. The van der Waals surface area contributed by atoms with Gasteiger partial charge in [-0.2, -0.15) is 0 Å². The van der Waals surface area contributed by atoms with Crippen LogP contribution in [0.4, 0.5) is 11.4 Å². The predicted octanol–water partition coefficient (Wildman–Crippen LogP) is 6.05. The number of hydrogen-bond donors (Lipinski definition) is 2. The zero-order chi connectivity index (χ0) is 18.1. The number of benzene rings is 3. The molecule has 2 aliphatic rings. The van der Waals surface area contributed by atoms with Crippen molar-refractivity contribution < 1.29 is 0 Å². The van der Waals surface area contributed by atoms with Crippen molar-refractivity contribution in [1.29, 1.82) is 0 Å². The van der Waals surface area contributed by atoms with E-state index in [0.29, 0.717) is 0 Å². The number of allylic oxidation sites excluding steroid dienone is 2. The van der Waals surface area contributed by atoms with E-state index in [2.05, 4.69) is 102 Å². The number of nitrogens with one attached hydrogen (secondary N) is 2. The van der Waals surface area contributed by atoms with Gasteiger partial charge in [0, 0.05) is 30.4 Å². The van der Waals surface area contributed by atoms with E-state index in [9.17, 15) is 0 Å².